The lowest BCUT2D eigenvalue weighted by Crippen LogP contribution is -2.43. The van der Waals surface area contributed by atoms with Crippen LogP contribution < -0.4 is 11.1 Å². The fourth-order valence-corrected chi connectivity index (χ4v) is 1.14. The highest BCUT2D eigenvalue weighted by Gasteiger charge is 2.12. The molecule has 0 fully saturated rings. The smallest absolute Gasteiger partial charge is 0.239 e. The summed E-state index contributed by atoms with van der Waals surface area (Å²) in [4.78, 5) is 11.4. The topological polar surface area (TPSA) is 82.2 Å². The van der Waals surface area contributed by atoms with Crippen molar-refractivity contribution in [2.24, 2.45) is 12.8 Å². The van der Waals surface area contributed by atoms with Crippen LogP contribution in [0.1, 0.15) is 5.56 Å². The predicted molar refractivity (Wildman–Crippen MR) is 54.9 cm³/mol. The molecular weight excluding hydrogens is 196 g/mol. The number of aryl methyl sites for hydroxylation is 1. The van der Waals surface area contributed by atoms with Gasteiger partial charge in [0.25, 0.3) is 0 Å². The maximum absolute atomic E-state index is 11.4. The van der Waals surface area contributed by atoms with E-state index >= 15 is 0 Å². The van der Waals surface area contributed by atoms with Gasteiger partial charge in [-0.1, -0.05) is 0 Å². The molecule has 0 aliphatic carbocycles. The number of hydrogen-bond donors (Lipinski definition) is 2. The van der Waals surface area contributed by atoms with E-state index < -0.39 is 6.04 Å². The van der Waals surface area contributed by atoms with Gasteiger partial charge in [0.05, 0.1) is 12.8 Å². The van der Waals surface area contributed by atoms with Gasteiger partial charge in [0, 0.05) is 32.5 Å². The molecule has 1 rings (SSSR count). The molecule has 0 saturated carbocycles. The summed E-state index contributed by atoms with van der Waals surface area (Å²) >= 11 is 0. The van der Waals surface area contributed by atoms with Gasteiger partial charge in [0.15, 0.2) is 0 Å². The predicted octanol–water partition coefficient (Wildman–Crippen LogP) is -0.990. The summed E-state index contributed by atoms with van der Waals surface area (Å²) in [5.74, 6) is -0.222. The molecule has 0 spiro atoms. The van der Waals surface area contributed by atoms with Gasteiger partial charge in [-0.2, -0.15) is 5.10 Å². The summed E-state index contributed by atoms with van der Waals surface area (Å²) in [6.45, 7) is 0.656. The minimum absolute atomic E-state index is 0.221. The van der Waals surface area contributed by atoms with Crippen LogP contribution >= 0.6 is 0 Å². The molecule has 3 N–H and O–H groups in total. The van der Waals surface area contributed by atoms with Gasteiger partial charge in [-0.15, -0.1) is 0 Å². The van der Waals surface area contributed by atoms with Crippen molar-refractivity contribution in [3.63, 3.8) is 0 Å². The van der Waals surface area contributed by atoms with E-state index in [0.29, 0.717) is 6.54 Å². The first-order valence-corrected chi connectivity index (χ1v) is 4.63. The van der Waals surface area contributed by atoms with Crippen molar-refractivity contribution in [3.8, 4) is 0 Å². The Hall–Kier alpha value is -1.40. The van der Waals surface area contributed by atoms with Crippen LogP contribution in [0.4, 0.5) is 0 Å². The second-order valence-corrected chi connectivity index (χ2v) is 3.30. The van der Waals surface area contributed by atoms with E-state index in [1.54, 1.807) is 10.9 Å². The number of carbonyl (C=O) groups excluding carboxylic acids is 1. The van der Waals surface area contributed by atoms with E-state index in [1.807, 2.05) is 13.2 Å². The van der Waals surface area contributed by atoms with Gasteiger partial charge >= 0.3 is 0 Å². The summed E-state index contributed by atoms with van der Waals surface area (Å²) in [6, 6.07) is -0.619. The fraction of sp³-hybridized carbons (Fsp3) is 0.556. The zero-order valence-corrected chi connectivity index (χ0v) is 8.93. The van der Waals surface area contributed by atoms with E-state index in [2.05, 4.69) is 10.4 Å². The first kappa shape index (κ1) is 11.7. The van der Waals surface area contributed by atoms with Gasteiger partial charge in [-0.25, -0.2) is 0 Å². The van der Waals surface area contributed by atoms with E-state index in [9.17, 15) is 4.79 Å². The minimum atomic E-state index is -0.619. The molecule has 1 aromatic rings. The molecule has 0 aromatic carbocycles. The number of aromatic nitrogens is 2. The summed E-state index contributed by atoms with van der Waals surface area (Å²) in [7, 11) is 3.33. The van der Waals surface area contributed by atoms with E-state index in [4.69, 9.17) is 10.5 Å². The Labute approximate surface area is 88.4 Å². The van der Waals surface area contributed by atoms with Gasteiger partial charge in [0.1, 0.15) is 6.04 Å². The maximum atomic E-state index is 11.4. The third-order valence-electron chi connectivity index (χ3n) is 1.91. The Bertz CT molecular complexity index is 324. The van der Waals surface area contributed by atoms with Crippen molar-refractivity contribution >= 4 is 5.91 Å². The van der Waals surface area contributed by atoms with Crippen molar-refractivity contribution in [3.05, 3.63) is 18.0 Å². The minimum Gasteiger partial charge on any atom is -0.383 e. The van der Waals surface area contributed by atoms with Crippen LogP contribution in [0.15, 0.2) is 12.4 Å². The molecule has 0 bridgehead atoms. The fourth-order valence-electron chi connectivity index (χ4n) is 1.14. The number of nitrogens with one attached hydrogen (secondary N) is 1. The first-order valence-electron chi connectivity index (χ1n) is 4.63. The molecule has 6 nitrogen and oxygen atoms in total. The zero-order chi connectivity index (χ0) is 11.3. The summed E-state index contributed by atoms with van der Waals surface area (Å²) in [5, 5.41) is 6.68. The van der Waals surface area contributed by atoms with Crippen molar-refractivity contribution < 1.29 is 9.53 Å². The van der Waals surface area contributed by atoms with E-state index in [-0.39, 0.29) is 12.5 Å². The number of ether oxygens (including phenoxy) is 1. The Morgan fingerprint density at radius 3 is 3.07 bits per heavy atom. The van der Waals surface area contributed by atoms with E-state index in [0.717, 1.165) is 5.56 Å². The number of rotatable bonds is 5. The number of amides is 1. The average Bonchev–Trinajstić information content (AvgIpc) is 2.61. The number of nitrogens with zero attached hydrogens (tertiary/aromatic N) is 2. The Balaban J connectivity index is 2.34. The lowest BCUT2D eigenvalue weighted by atomic mass is 10.3. The lowest BCUT2D eigenvalue weighted by molar-refractivity contribution is -0.123. The quantitative estimate of drug-likeness (QED) is 0.656. The van der Waals surface area contributed by atoms with Gasteiger partial charge < -0.3 is 15.8 Å². The largest absolute Gasteiger partial charge is 0.383 e. The summed E-state index contributed by atoms with van der Waals surface area (Å²) in [6.07, 6.45) is 3.53. The van der Waals surface area contributed by atoms with Crippen LogP contribution in [0, 0.1) is 0 Å². The average molecular weight is 212 g/mol. The molecule has 0 aliphatic rings. The standard InChI is InChI=1S/C9H16N4O2/c1-13-5-7(4-12-13)3-11-9(14)8(10)6-15-2/h4-5,8H,3,6,10H2,1-2H3,(H,11,14). The van der Waals surface area contributed by atoms with Crippen LogP contribution in [0.2, 0.25) is 0 Å². The molecule has 1 unspecified atom stereocenters. The molecule has 0 saturated heterocycles. The number of methoxy groups -OCH3 is 1. The Kier molecular flexibility index (Phi) is 4.26. The van der Waals surface area contributed by atoms with Crippen LogP contribution in [0.25, 0.3) is 0 Å². The third kappa shape index (κ3) is 3.69. The lowest BCUT2D eigenvalue weighted by Gasteiger charge is -2.10. The second-order valence-electron chi connectivity index (χ2n) is 3.30. The molecule has 6 heteroatoms. The zero-order valence-electron chi connectivity index (χ0n) is 8.93. The number of carbonyl (C=O) groups is 1. The van der Waals surface area contributed by atoms with Crippen molar-refractivity contribution in [1.82, 2.24) is 15.1 Å². The third-order valence-corrected chi connectivity index (χ3v) is 1.91. The van der Waals surface area contributed by atoms with Crippen LogP contribution in [0.5, 0.6) is 0 Å². The van der Waals surface area contributed by atoms with Crippen molar-refractivity contribution in [2.75, 3.05) is 13.7 Å². The Morgan fingerprint density at radius 2 is 2.53 bits per heavy atom. The molecule has 1 atom stereocenters. The molecule has 84 valence electrons. The first-order chi connectivity index (χ1) is 7.13. The van der Waals surface area contributed by atoms with Gasteiger partial charge in [-0.05, 0) is 0 Å². The molecule has 1 aromatic heterocycles. The van der Waals surface area contributed by atoms with Crippen molar-refractivity contribution in [1.29, 1.82) is 0 Å². The highest BCUT2D eigenvalue weighted by Crippen LogP contribution is 1.95. The Morgan fingerprint density at radius 1 is 1.80 bits per heavy atom. The molecule has 0 aliphatic heterocycles. The van der Waals surface area contributed by atoms with Gasteiger partial charge in [0.2, 0.25) is 5.91 Å². The molecule has 1 amide bonds. The van der Waals surface area contributed by atoms with Crippen LogP contribution in [0.3, 0.4) is 0 Å². The molecular formula is C9H16N4O2. The maximum Gasteiger partial charge on any atom is 0.239 e. The highest BCUT2D eigenvalue weighted by atomic mass is 16.5. The van der Waals surface area contributed by atoms with Crippen molar-refractivity contribution in [2.45, 2.75) is 12.6 Å². The van der Waals surface area contributed by atoms with Crippen LogP contribution in [-0.2, 0) is 23.1 Å². The second kappa shape index (κ2) is 5.47. The number of hydrogen-bond acceptors (Lipinski definition) is 4. The number of nitrogens with two attached hydrogens (primary N) is 1. The summed E-state index contributed by atoms with van der Waals surface area (Å²) in [5.41, 5.74) is 6.48. The van der Waals surface area contributed by atoms with Gasteiger partial charge in [-0.3, -0.25) is 9.48 Å². The normalized spacial score (nSPS) is 12.5. The SMILES string of the molecule is COCC(N)C(=O)NCc1cnn(C)c1. The molecule has 1 heterocycles. The summed E-state index contributed by atoms with van der Waals surface area (Å²) < 4.78 is 6.46. The molecule has 0 radical (unpaired) electrons. The van der Waals surface area contributed by atoms with Crippen LogP contribution in [-0.4, -0.2) is 35.4 Å². The molecule has 15 heavy (non-hydrogen) atoms. The van der Waals surface area contributed by atoms with E-state index in [1.165, 1.54) is 7.11 Å². The monoisotopic (exact) mass is 212 g/mol. The highest BCUT2D eigenvalue weighted by molar-refractivity contribution is 5.81.